The predicted octanol–water partition coefficient (Wildman–Crippen LogP) is 7.48. The molecule has 1 aliphatic rings. The lowest BCUT2D eigenvalue weighted by Gasteiger charge is -2.29. The fourth-order valence-corrected chi connectivity index (χ4v) is 5.34. The number of benzene rings is 5. The average molecular weight is 417 g/mol. The summed E-state index contributed by atoms with van der Waals surface area (Å²) in [6.07, 6.45) is 2.81. The number of ether oxygens (including phenoxy) is 1. The van der Waals surface area contributed by atoms with E-state index in [1.165, 1.54) is 37.9 Å². The van der Waals surface area contributed by atoms with Crippen LogP contribution in [0.1, 0.15) is 41.6 Å². The van der Waals surface area contributed by atoms with Gasteiger partial charge in [0, 0.05) is 5.92 Å². The highest BCUT2D eigenvalue weighted by Crippen LogP contribution is 2.40. The summed E-state index contributed by atoms with van der Waals surface area (Å²) in [5, 5.41) is 7.58. The van der Waals surface area contributed by atoms with E-state index in [0.717, 1.165) is 30.3 Å². The van der Waals surface area contributed by atoms with Crippen LogP contribution in [-0.2, 0) is 16.1 Å². The second-order valence-corrected chi connectivity index (χ2v) is 8.71. The lowest BCUT2D eigenvalue weighted by Crippen LogP contribution is -2.17. The monoisotopic (exact) mass is 416 g/mol. The molecule has 0 heterocycles. The second-order valence-electron chi connectivity index (χ2n) is 8.71. The minimum absolute atomic E-state index is 0.0149. The van der Waals surface area contributed by atoms with Crippen LogP contribution in [0.3, 0.4) is 0 Å². The number of carbonyl (C=O) groups excluding carboxylic acids is 1. The molecule has 0 spiro atoms. The Hall–Kier alpha value is -3.49. The Morgan fingerprint density at radius 3 is 2.22 bits per heavy atom. The molecule has 0 bridgehead atoms. The van der Waals surface area contributed by atoms with Gasteiger partial charge in [-0.1, -0.05) is 84.9 Å². The Balaban J connectivity index is 1.44. The lowest BCUT2D eigenvalue weighted by atomic mass is 9.82. The second kappa shape index (κ2) is 7.89. The molecule has 0 aliphatic heterocycles. The summed E-state index contributed by atoms with van der Waals surface area (Å²) in [6.45, 7) is 0.546. The topological polar surface area (TPSA) is 26.3 Å². The van der Waals surface area contributed by atoms with Crippen LogP contribution in [0.2, 0.25) is 0 Å². The number of fused-ring (bicyclic) bond motifs is 6. The van der Waals surface area contributed by atoms with Gasteiger partial charge in [0.15, 0.2) is 0 Å². The molecule has 156 valence electrons. The molecular formula is C30H24O2. The van der Waals surface area contributed by atoms with E-state index in [4.69, 9.17) is 4.74 Å². The molecule has 0 fully saturated rings. The molecule has 1 aliphatic carbocycles. The molecule has 32 heavy (non-hydrogen) atoms. The van der Waals surface area contributed by atoms with Crippen LogP contribution in [0.4, 0.5) is 0 Å². The van der Waals surface area contributed by atoms with Crippen molar-refractivity contribution in [3.05, 3.63) is 108 Å². The van der Waals surface area contributed by atoms with Crippen molar-refractivity contribution in [1.82, 2.24) is 0 Å². The van der Waals surface area contributed by atoms with Crippen LogP contribution < -0.4 is 0 Å². The van der Waals surface area contributed by atoms with Gasteiger partial charge in [-0.25, -0.2) is 0 Å². The van der Waals surface area contributed by atoms with Gasteiger partial charge in [-0.05, 0) is 67.9 Å². The molecular weight excluding hydrogens is 392 g/mol. The highest BCUT2D eigenvalue weighted by Gasteiger charge is 2.27. The number of carbonyl (C=O) groups is 1. The summed E-state index contributed by atoms with van der Waals surface area (Å²) in [7, 11) is 0. The quantitative estimate of drug-likeness (QED) is 0.224. The molecule has 2 unspecified atom stereocenters. The molecule has 0 radical (unpaired) electrons. The smallest absolute Gasteiger partial charge is 0.127 e. The standard InChI is InChI=1S/C30H24O2/c31-18-21-14-16-30(28-12-6-4-9-24(21)28)32-19-22-17-29-23-8-2-1-7-20(23)13-15-27(29)26-11-5-3-10-25(22)26/h1-13,15,17-18,21,30H,14,16,19H2. The minimum Gasteiger partial charge on any atom is -0.369 e. The summed E-state index contributed by atoms with van der Waals surface area (Å²) in [5.41, 5.74) is 3.49. The third-order valence-corrected chi connectivity index (χ3v) is 6.94. The molecule has 0 N–H and O–H groups in total. The molecule has 5 aromatic carbocycles. The first-order valence-corrected chi connectivity index (χ1v) is 11.3. The first kappa shape index (κ1) is 19.2. The SMILES string of the molecule is O=CC1CCC(OCc2cc3c4ccccc4ccc3c3ccccc23)c2ccccc21. The number of rotatable bonds is 4. The van der Waals surface area contributed by atoms with E-state index < -0.39 is 0 Å². The molecule has 0 saturated heterocycles. The summed E-state index contributed by atoms with van der Waals surface area (Å²) in [4.78, 5) is 11.5. The molecule has 6 rings (SSSR count). The molecule has 5 aromatic rings. The van der Waals surface area contributed by atoms with Gasteiger partial charge in [0.1, 0.15) is 6.29 Å². The summed E-state index contributed by atoms with van der Waals surface area (Å²) in [5.74, 6) is -0.0149. The highest BCUT2D eigenvalue weighted by atomic mass is 16.5. The third kappa shape index (κ3) is 3.11. The molecule has 2 atom stereocenters. The minimum atomic E-state index is -0.0149. The maximum absolute atomic E-state index is 11.5. The van der Waals surface area contributed by atoms with Crippen molar-refractivity contribution in [2.75, 3.05) is 0 Å². The molecule has 0 amide bonds. The number of hydrogen-bond donors (Lipinski definition) is 0. The fraction of sp³-hybridized carbons (Fsp3) is 0.167. The van der Waals surface area contributed by atoms with E-state index in [-0.39, 0.29) is 12.0 Å². The van der Waals surface area contributed by atoms with Crippen LogP contribution in [-0.4, -0.2) is 6.29 Å². The maximum Gasteiger partial charge on any atom is 0.127 e. The Kier molecular flexibility index (Phi) is 4.74. The van der Waals surface area contributed by atoms with Crippen LogP contribution in [0.5, 0.6) is 0 Å². The molecule has 2 heteroatoms. The lowest BCUT2D eigenvalue weighted by molar-refractivity contribution is -0.109. The van der Waals surface area contributed by atoms with Crippen LogP contribution >= 0.6 is 0 Å². The number of aldehydes is 1. The van der Waals surface area contributed by atoms with Gasteiger partial charge in [-0.15, -0.1) is 0 Å². The summed E-state index contributed by atoms with van der Waals surface area (Å²) < 4.78 is 6.54. The Labute approximate surface area is 187 Å². The molecule has 0 saturated carbocycles. The highest BCUT2D eigenvalue weighted by molar-refractivity contribution is 6.18. The van der Waals surface area contributed by atoms with Gasteiger partial charge in [0.05, 0.1) is 12.7 Å². The van der Waals surface area contributed by atoms with Crippen molar-refractivity contribution in [2.45, 2.75) is 31.5 Å². The maximum atomic E-state index is 11.5. The van der Waals surface area contributed by atoms with E-state index >= 15 is 0 Å². The first-order valence-electron chi connectivity index (χ1n) is 11.3. The zero-order valence-electron chi connectivity index (χ0n) is 17.8. The fourth-order valence-electron chi connectivity index (χ4n) is 5.34. The van der Waals surface area contributed by atoms with Gasteiger partial charge in [0.25, 0.3) is 0 Å². The van der Waals surface area contributed by atoms with Crippen molar-refractivity contribution in [3.63, 3.8) is 0 Å². The van der Waals surface area contributed by atoms with Crippen LogP contribution in [0, 0.1) is 0 Å². The van der Waals surface area contributed by atoms with Gasteiger partial charge >= 0.3 is 0 Å². The van der Waals surface area contributed by atoms with Gasteiger partial charge < -0.3 is 9.53 Å². The summed E-state index contributed by atoms with van der Waals surface area (Å²) in [6, 6.07) is 32.2. The van der Waals surface area contributed by atoms with Gasteiger partial charge in [-0.2, -0.15) is 0 Å². The first-order chi connectivity index (χ1) is 15.8. The number of hydrogen-bond acceptors (Lipinski definition) is 2. The average Bonchev–Trinajstić information content (AvgIpc) is 2.87. The Bertz CT molecular complexity index is 1470. The van der Waals surface area contributed by atoms with E-state index in [0.29, 0.717) is 6.61 Å². The van der Waals surface area contributed by atoms with Crippen molar-refractivity contribution in [2.24, 2.45) is 0 Å². The van der Waals surface area contributed by atoms with E-state index in [1.807, 2.05) is 12.1 Å². The predicted molar refractivity (Wildman–Crippen MR) is 131 cm³/mol. The Morgan fingerprint density at radius 2 is 1.38 bits per heavy atom. The zero-order chi connectivity index (χ0) is 21.5. The van der Waals surface area contributed by atoms with Crippen molar-refractivity contribution in [1.29, 1.82) is 0 Å². The Morgan fingerprint density at radius 1 is 0.688 bits per heavy atom. The zero-order valence-corrected chi connectivity index (χ0v) is 17.8. The molecule has 2 nitrogen and oxygen atoms in total. The van der Waals surface area contributed by atoms with Crippen molar-refractivity contribution >= 4 is 38.6 Å². The van der Waals surface area contributed by atoms with Gasteiger partial charge in [0.2, 0.25) is 0 Å². The van der Waals surface area contributed by atoms with Crippen LogP contribution in [0.15, 0.2) is 91.0 Å². The normalized spacial score (nSPS) is 18.1. The molecule has 0 aromatic heterocycles. The van der Waals surface area contributed by atoms with Crippen molar-refractivity contribution < 1.29 is 9.53 Å². The van der Waals surface area contributed by atoms with E-state index in [2.05, 4.69) is 78.9 Å². The van der Waals surface area contributed by atoms with Crippen LogP contribution in [0.25, 0.3) is 32.3 Å². The van der Waals surface area contributed by atoms with Gasteiger partial charge in [-0.3, -0.25) is 0 Å². The van der Waals surface area contributed by atoms with E-state index in [9.17, 15) is 4.79 Å². The third-order valence-electron chi connectivity index (χ3n) is 6.94. The summed E-state index contributed by atoms with van der Waals surface area (Å²) >= 11 is 0. The largest absolute Gasteiger partial charge is 0.369 e. The van der Waals surface area contributed by atoms with Crippen molar-refractivity contribution in [3.8, 4) is 0 Å². The van der Waals surface area contributed by atoms with E-state index in [1.54, 1.807) is 0 Å².